The molecule has 6 heteroatoms. The zero-order chi connectivity index (χ0) is 15.9. The number of nitrogens with zero attached hydrogens (tertiary/aromatic N) is 5. The van der Waals surface area contributed by atoms with Gasteiger partial charge in [-0.2, -0.15) is 0 Å². The Kier molecular flexibility index (Phi) is 3.66. The second kappa shape index (κ2) is 5.69. The largest absolute Gasteiger partial charge is 0.297 e. The SMILES string of the molecule is Cc1nc([C@]2(C)CCCN(Cc3cscn3)C2)cc2cncn12. The van der Waals surface area contributed by atoms with Crippen molar-refractivity contribution in [2.45, 2.75) is 38.6 Å². The smallest absolute Gasteiger partial charge is 0.111 e. The Morgan fingerprint density at radius 1 is 1.39 bits per heavy atom. The van der Waals surface area contributed by atoms with Gasteiger partial charge >= 0.3 is 0 Å². The van der Waals surface area contributed by atoms with Crippen LogP contribution in [-0.4, -0.2) is 37.3 Å². The lowest BCUT2D eigenvalue weighted by Gasteiger charge is -2.40. The van der Waals surface area contributed by atoms with Crippen LogP contribution in [0.25, 0.3) is 5.52 Å². The monoisotopic (exact) mass is 327 g/mol. The summed E-state index contributed by atoms with van der Waals surface area (Å²) < 4.78 is 2.04. The summed E-state index contributed by atoms with van der Waals surface area (Å²) in [5.74, 6) is 1.01. The molecule has 0 unspecified atom stereocenters. The highest BCUT2D eigenvalue weighted by molar-refractivity contribution is 7.07. The minimum absolute atomic E-state index is 0.0883. The second-order valence-corrected chi connectivity index (χ2v) is 7.45. The number of imidazole rings is 1. The van der Waals surface area contributed by atoms with E-state index in [0.29, 0.717) is 0 Å². The maximum absolute atomic E-state index is 4.88. The lowest BCUT2D eigenvalue weighted by Crippen LogP contribution is -2.44. The van der Waals surface area contributed by atoms with Crippen LogP contribution in [0.1, 0.15) is 37.0 Å². The van der Waals surface area contributed by atoms with E-state index >= 15 is 0 Å². The van der Waals surface area contributed by atoms with Crippen LogP contribution in [0, 0.1) is 6.92 Å². The molecule has 1 saturated heterocycles. The second-order valence-electron chi connectivity index (χ2n) is 6.73. The highest BCUT2D eigenvalue weighted by Gasteiger charge is 2.34. The first-order valence-corrected chi connectivity index (χ1v) is 8.98. The third-order valence-corrected chi connectivity index (χ3v) is 5.48. The number of hydrogen-bond donors (Lipinski definition) is 0. The van der Waals surface area contributed by atoms with Gasteiger partial charge in [0.05, 0.1) is 28.6 Å². The summed E-state index contributed by atoms with van der Waals surface area (Å²) >= 11 is 1.67. The number of aromatic nitrogens is 4. The van der Waals surface area contributed by atoms with Crippen LogP contribution >= 0.6 is 11.3 Å². The molecule has 4 rings (SSSR count). The van der Waals surface area contributed by atoms with Gasteiger partial charge in [-0.15, -0.1) is 11.3 Å². The molecule has 1 aliphatic heterocycles. The average Bonchev–Trinajstić information content (AvgIpc) is 3.18. The summed E-state index contributed by atoms with van der Waals surface area (Å²) in [5, 5.41) is 2.15. The van der Waals surface area contributed by atoms with Crippen molar-refractivity contribution in [2.24, 2.45) is 0 Å². The van der Waals surface area contributed by atoms with Crippen molar-refractivity contribution in [1.82, 2.24) is 24.3 Å². The molecule has 4 heterocycles. The zero-order valence-electron chi connectivity index (χ0n) is 13.6. The predicted octanol–water partition coefficient (Wildman–Crippen LogP) is 3.05. The first-order valence-electron chi connectivity index (χ1n) is 8.04. The van der Waals surface area contributed by atoms with E-state index < -0.39 is 0 Å². The fourth-order valence-electron chi connectivity index (χ4n) is 3.63. The lowest BCUT2D eigenvalue weighted by atomic mass is 9.78. The van der Waals surface area contributed by atoms with Crippen molar-refractivity contribution in [3.63, 3.8) is 0 Å². The minimum atomic E-state index is 0.0883. The van der Waals surface area contributed by atoms with Crippen molar-refractivity contribution < 1.29 is 0 Å². The number of fused-ring (bicyclic) bond motifs is 1. The highest BCUT2D eigenvalue weighted by Crippen LogP contribution is 2.34. The van der Waals surface area contributed by atoms with Crippen molar-refractivity contribution in [2.75, 3.05) is 13.1 Å². The molecular weight excluding hydrogens is 306 g/mol. The van der Waals surface area contributed by atoms with E-state index in [4.69, 9.17) is 4.98 Å². The fraction of sp³-hybridized carbons (Fsp3) is 0.471. The van der Waals surface area contributed by atoms with Crippen LogP contribution in [-0.2, 0) is 12.0 Å². The van der Waals surface area contributed by atoms with Gasteiger partial charge in [-0.1, -0.05) is 6.92 Å². The standard InChI is InChI=1S/C17H21N5S/c1-13-20-16(6-15-7-18-11-22(13)15)17(2)4-3-5-21(10-17)8-14-9-23-12-19-14/h6-7,9,11-12H,3-5,8,10H2,1-2H3/t17-/m1/s1. The Hall–Kier alpha value is -1.79. The van der Waals surface area contributed by atoms with Crippen LogP contribution < -0.4 is 0 Å². The topological polar surface area (TPSA) is 46.3 Å². The Balaban J connectivity index is 1.62. The van der Waals surface area contributed by atoms with Crippen LogP contribution in [0.5, 0.6) is 0 Å². The molecule has 1 aliphatic rings. The van der Waals surface area contributed by atoms with Crippen LogP contribution in [0.15, 0.2) is 29.5 Å². The molecular formula is C17H21N5S. The number of aryl methyl sites for hydroxylation is 1. The van der Waals surface area contributed by atoms with Gasteiger partial charge in [-0.25, -0.2) is 15.0 Å². The molecule has 120 valence electrons. The van der Waals surface area contributed by atoms with Crippen LogP contribution in [0.3, 0.4) is 0 Å². The molecule has 5 nitrogen and oxygen atoms in total. The van der Waals surface area contributed by atoms with Gasteiger partial charge in [0.15, 0.2) is 0 Å². The lowest BCUT2D eigenvalue weighted by molar-refractivity contribution is 0.146. The van der Waals surface area contributed by atoms with E-state index in [2.05, 4.69) is 40.2 Å². The molecule has 0 bridgehead atoms. The maximum Gasteiger partial charge on any atom is 0.111 e. The molecule has 3 aromatic rings. The Morgan fingerprint density at radius 2 is 2.30 bits per heavy atom. The van der Waals surface area contributed by atoms with E-state index in [0.717, 1.165) is 31.0 Å². The van der Waals surface area contributed by atoms with E-state index in [9.17, 15) is 0 Å². The van der Waals surface area contributed by atoms with Crippen molar-refractivity contribution >= 4 is 16.9 Å². The Morgan fingerprint density at radius 3 is 3.13 bits per heavy atom. The number of rotatable bonds is 3. The van der Waals surface area contributed by atoms with Gasteiger partial charge in [0.1, 0.15) is 12.2 Å². The van der Waals surface area contributed by atoms with Gasteiger partial charge in [0.2, 0.25) is 0 Å². The van der Waals surface area contributed by atoms with Crippen LogP contribution in [0.2, 0.25) is 0 Å². The van der Waals surface area contributed by atoms with Gasteiger partial charge in [-0.05, 0) is 32.4 Å². The van der Waals surface area contributed by atoms with E-state index in [1.807, 2.05) is 22.4 Å². The normalized spacial score (nSPS) is 22.7. The minimum Gasteiger partial charge on any atom is -0.297 e. The molecule has 0 saturated carbocycles. The predicted molar refractivity (Wildman–Crippen MR) is 91.7 cm³/mol. The van der Waals surface area contributed by atoms with Crippen molar-refractivity contribution in [3.05, 3.63) is 46.7 Å². The highest BCUT2D eigenvalue weighted by atomic mass is 32.1. The van der Waals surface area contributed by atoms with Crippen molar-refractivity contribution in [1.29, 1.82) is 0 Å². The third-order valence-electron chi connectivity index (χ3n) is 4.85. The molecule has 0 N–H and O–H groups in total. The Bertz CT molecular complexity index is 810. The summed E-state index contributed by atoms with van der Waals surface area (Å²) in [5.41, 5.74) is 5.49. The van der Waals surface area contributed by atoms with E-state index in [1.165, 1.54) is 24.2 Å². The molecule has 0 aliphatic carbocycles. The average molecular weight is 327 g/mol. The van der Waals surface area contributed by atoms with E-state index in [1.54, 1.807) is 11.3 Å². The number of thiazole rings is 1. The maximum atomic E-state index is 4.88. The molecule has 0 amide bonds. The molecule has 0 aromatic carbocycles. The molecule has 3 aromatic heterocycles. The van der Waals surface area contributed by atoms with Crippen LogP contribution in [0.4, 0.5) is 0 Å². The third kappa shape index (κ3) is 2.77. The van der Waals surface area contributed by atoms with Gasteiger partial charge in [-0.3, -0.25) is 9.30 Å². The quantitative estimate of drug-likeness (QED) is 0.742. The van der Waals surface area contributed by atoms with Crippen molar-refractivity contribution in [3.8, 4) is 0 Å². The summed E-state index contributed by atoms with van der Waals surface area (Å²) in [4.78, 5) is 16.1. The molecule has 0 radical (unpaired) electrons. The van der Waals surface area contributed by atoms with Gasteiger partial charge < -0.3 is 0 Å². The summed E-state index contributed by atoms with van der Waals surface area (Å²) in [6.45, 7) is 7.50. The Labute approximate surface area is 140 Å². The molecule has 0 spiro atoms. The summed E-state index contributed by atoms with van der Waals surface area (Å²) in [6.07, 6.45) is 6.12. The van der Waals surface area contributed by atoms with E-state index in [-0.39, 0.29) is 5.41 Å². The first kappa shape index (κ1) is 14.8. The molecule has 23 heavy (non-hydrogen) atoms. The number of hydrogen-bond acceptors (Lipinski definition) is 5. The number of piperidine rings is 1. The fourth-order valence-corrected chi connectivity index (χ4v) is 4.17. The van der Waals surface area contributed by atoms with Gasteiger partial charge in [0, 0.05) is 23.9 Å². The summed E-state index contributed by atoms with van der Waals surface area (Å²) in [6, 6.07) is 2.20. The molecule has 1 atom stereocenters. The number of likely N-dealkylation sites (tertiary alicyclic amines) is 1. The molecule has 1 fully saturated rings. The summed E-state index contributed by atoms with van der Waals surface area (Å²) in [7, 11) is 0. The van der Waals surface area contributed by atoms with Gasteiger partial charge in [0.25, 0.3) is 0 Å². The zero-order valence-corrected chi connectivity index (χ0v) is 14.4. The first-order chi connectivity index (χ1) is 11.1.